The van der Waals surface area contributed by atoms with Crippen molar-refractivity contribution in [3.05, 3.63) is 48.0 Å². The molecule has 0 bridgehead atoms. The van der Waals surface area contributed by atoms with Crippen molar-refractivity contribution in [1.82, 2.24) is 0 Å². The number of nitrogens with two attached hydrogens (primary N) is 2. The minimum Gasteiger partial charge on any atom is -0.496 e. The van der Waals surface area contributed by atoms with Crippen LogP contribution in [0.15, 0.2) is 42.5 Å². The molecule has 0 spiro atoms. The van der Waals surface area contributed by atoms with Crippen molar-refractivity contribution in [3.8, 4) is 16.9 Å². The zero-order valence-electron chi connectivity index (χ0n) is 10.5. The maximum absolute atomic E-state index is 5.82. The molecule has 0 unspecified atom stereocenters. The van der Waals surface area contributed by atoms with E-state index in [9.17, 15) is 0 Å². The van der Waals surface area contributed by atoms with Gasteiger partial charge in [0.25, 0.3) is 0 Å². The molecule has 3 nitrogen and oxygen atoms in total. The van der Waals surface area contributed by atoms with Gasteiger partial charge in [-0.15, -0.1) is 0 Å². The fourth-order valence-corrected chi connectivity index (χ4v) is 2.01. The highest BCUT2D eigenvalue weighted by Gasteiger charge is 2.07. The first-order valence-corrected chi connectivity index (χ1v) is 5.97. The highest BCUT2D eigenvalue weighted by molar-refractivity contribution is 5.73. The van der Waals surface area contributed by atoms with Gasteiger partial charge in [-0.2, -0.15) is 0 Å². The van der Waals surface area contributed by atoms with Crippen LogP contribution >= 0.6 is 0 Å². The van der Waals surface area contributed by atoms with E-state index in [1.807, 2.05) is 36.4 Å². The van der Waals surface area contributed by atoms with Gasteiger partial charge in [-0.05, 0) is 48.4 Å². The summed E-state index contributed by atoms with van der Waals surface area (Å²) in [5.74, 6) is 0.848. The summed E-state index contributed by atoms with van der Waals surface area (Å²) < 4.78 is 5.40. The second-order valence-electron chi connectivity index (χ2n) is 4.20. The minimum atomic E-state index is 0.642. The third kappa shape index (κ3) is 2.63. The van der Waals surface area contributed by atoms with Crippen molar-refractivity contribution in [2.75, 3.05) is 19.4 Å². The van der Waals surface area contributed by atoms with Crippen LogP contribution in [0.25, 0.3) is 11.1 Å². The van der Waals surface area contributed by atoms with Crippen LogP contribution in [0.5, 0.6) is 5.75 Å². The van der Waals surface area contributed by atoms with Gasteiger partial charge in [0.1, 0.15) is 5.75 Å². The average Bonchev–Trinajstić information content (AvgIpc) is 2.39. The Morgan fingerprint density at radius 3 is 2.61 bits per heavy atom. The summed E-state index contributed by atoms with van der Waals surface area (Å²) >= 11 is 0. The second kappa shape index (κ2) is 5.56. The number of nitrogen functional groups attached to an aromatic ring is 1. The summed E-state index contributed by atoms with van der Waals surface area (Å²) in [6, 6.07) is 13.9. The number of rotatable bonds is 4. The van der Waals surface area contributed by atoms with Gasteiger partial charge in [0.15, 0.2) is 0 Å². The molecule has 0 radical (unpaired) electrons. The molecule has 0 amide bonds. The average molecular weight is 242 g/mol. The Hall–Kier alpha value is -2.00. The molecule has 0 atom stereocenters. The fraction of sp³-hybridized carbons (Fsp3) is 0.200. The van der Waals surface area contributed by atoms with Gasteiger partial charge in [0.2, 0.25) is 0 Å². The number of methoxy groups -OCH3 is 1. The molecular formula is C15H18N2O. The third-order valence-corrected chi connectivity index (χ3v) is 2.89. The van der Waals surface area contributed by atoms with E-state index in [0.29, 0.717) is 6.54 Å². The highest BCUT2D eigenvalue weighted by Crippen LogP contribution is 2.31. The number of ether oxygens (including phenoxy) is 1. The van der Waals surface area contributed by atoms with Gasteiger partial charge in [-0.3, -0.25) is 0 Å². The SMILES string of the molecule is COc1ccc(CCN)cc1-c1cccc(N)c1. The Morgan fingerprint density at radius 1 is 1.11 bits per heavy atom. The molecule has 0 aliphatic heterocycles. The molecule has 0 saturated heterocycles. The van der Waals surface area contributed by atoms with E-state index in [2.05, 4.69) is 6.07 Å². The maximum Gasteiger partial charge on any atom is 0.126 e. The van der Waals surface area contributed by atoms with E-state index in [0.717, 1.165) is 29.0 Å². The van der Waals surface area contributed by atoms with Crippen LogP contribution in [0.4, 0.5) is 5.69 Å². The standard InChI is InChI=1S/C15H18N2O/c1-18-15-6-5-11(7-8-16)9-14(15)12-3-2-4-13(17)10-12/h2-6,9-10H,7-8,16-17H2,1H3. The van der Waals surface area contributed by atoms with Crippen molar-refractivity contribution in [3.63, 3.8) is 0 Å². The van der Waals surface area contributed by atoms with Crippen molar-refractivity contribution in [1.29, 1.82) is 0 Å². The van der Waals surface area contributed by atoms with E-state index in [1.165, 1.54) is 5.56 Å². The number of hydrogen-bond donors (Lipinski definition) is 2. The van der Waals surface area contributed by atoms with Crippen LogP contribution in [0.2, 0.25) is 0 Å². The molecule has 0 fully saturated rings. The summed E-state index contributed by atoms with van der Waals surface area (Å²) in [6.07, 6.45) is 0.860. The van der Waals surface area contributed by atoms with Crippen molar-refractivity contribution in [2.45, 2.75) is 6.42 Å². The predicted molar refractivity (Wildman–Crippen MR) is 75.6 cm³/mol. The molecule has 3 heteroatoms. The lowest BCUT2D eigenvalue weighted by Gasteiger charge is -2.11. The monoisotopic (exact) mass is 242 g/mol. The van der Waals surface area contributed by atoms with E-state index >= 15 is 0 Å². The number of anilines is 1. The van der Waals surface area contributed by atoms with Gasteiger partial charge in [0, 0.05) is 11.3 Å². The quantitative estimate of drug-likeness (QED) is 0.809. The van der Waals surface area contributed by atoms with Gasteiger partial charge in [0.05, 0.1) is 7.11 Å². The Kier molecular flexibility index (Phi) is 3.85. The van der Waals surface area contributed by atoms with Crippen LogP contribution in [0, 0.1) is 0 Å². The molecule has 2 aromatic rings. The van der Waals surface area contributed by atoms with Crippen LogP contribution in [0.1, 0.15) is 5.56 Å². The molecule has 94 valence electrons. The van der Waals surface area contributed by atoms with Gasteiger partial charge in [-0.25, -0.2) is 0 Å². The van der Waals surface area contributed by atoms with Crippen molar-refractivity contribution in [2.24, 2.45) is 5.73 Å². The van der Waals surface area contributed by atoms with Crippen molar-refractivity contribution < 1.29 is 4.74 Å². The Balaban J connectivity index is 2.49. The van der Waals surface area contributed by atoms with Crippen LogP contribution < -0.4 is 16.2 Å². The Labute approximate surface area is 107 Å². The van der Waals surface area contributed by atoms with E-state index in [1.54, 1.807) is 7.11 Å². The number of benzene rings is 2. The van der Waals surface area contributed by atoms with Crippen molar-refractivity contribution >= 4 is 5.69 Å². The summed E-state index contributed by atoms with van der Waals surface area (Å²) in [7, 11) is 1.67. The maximum atomic E-state index is 5.82. The molecule has 0 aliphatic carbocycles. The van der Waals surface area contributed by atoms with E-state index < -0.39 is 0 Å². The zero-order valence-corrected chi connectivity index (χ0v) is 10.5. The largest absolute Gasteiger partial charge is 0.496 e. The number of hydrogen-bond acceptors (Lipinski definition) is 3. The smallest absolute Gasteiger partial charge is 0.126 e. The van der Waals surface area contributed by atoms with Gasteiger partial charge < -0.3 is 16.2 Å². The minimum absolute atomic E-state index is 0.642. The lowest BCUT2D eigenvalue weighted by Crippen LogP contribution is -2.03. The summed E-state index contributed by atoms with van der Waals surface area (Å²) in [4.78, 5) is 0. The molecule has 18 heavy (non-hydrogen) atoms. The summed E-state index contributed by atoms with van der Waals surface area (Å²) in [5, 5.41) is 0. The topological polar surface area (TPSA) is 61.3 Å². The normalized spacial score (nSPS) is 10.3. The van der Waals surface area contributed by atoms with E-state index in [-0.39, 0.29) is 0 Å². The molecule has 0 saturated carbocycles. The van der Waals surface area contributed by atoms with Crippen LogP contribution in [-0.4, -0.2) is 13.7 Å². The summed E-state index contributed by atoms with van der Waals surface area (Å²) in [6.45, 7) is 0.642. The molecule has 0 aliphatic rings. The lowest BCUT2D eigenvalue weighted by atomic mass is 10.00. The first-order chi connectivity index (χ1) is 8.74. The molecule has 0 heterocycles. The lowest BCUT2D eigenvalue weighted by molar-refractivity contribution is 0.416. The zero-order chi connectivity index (χ0) is 13.0. The van der Waals surface area contributed by atoms with Crippen LogP contribution in [-0.2, 0) is 6.42 Å². The fourth-order valence-electron chi connectivity index (χ4n) is 2.01. The molecule has 0 aromatic heterocycles. The Morgan fingerprint density at radius 2 is 1.94 bits per heavy atom. The molecule has 2 aromatic carbocycles. The van der Waals surface area contributed by atoms with Crippen LogP contribution in [0.3, 0.4) is 0 Å². The molecular weight excluding hydrogens is 224 g/mol. The molecule has 2 rings (SSSR count). The third-order valence-electron chi connectivity index (χ3n) is 2.89. The van der Waals surface area contributed by atoms with E-state index in [4.69, 9.17) is 16.2 Å². The Bertz CT molecular complexity index is 538. The second-order valence-corrected chi connectivity index (χ2v) is 4.20. The summed E-state index contributed by atoms with van der Waals surface area (Å²) in [5.41, 5.74) is 15.5. The van der Waals surface area contributed by atoms with Gasteiger partial charge >= 0.3 is 0 Å². The first kappa shape index (κ1) is 12.5. The predicted octanol–water partition coefficient (Wildman–Crippen LogP) is 2.45. The highest BCUT2D eigenvalue weighted by atomic mass is 16.5. The molecule has 4 N–H and O–H groups in total. The first-order valence-electron chi connectivity index (χ1n) is 5.97. The van der Waals surface area contributed by atoms with Gasteiger partial charge in [-0.1, -0.05) is 18.2 Å².